The lowest BCUT2D eigenvalue weighted by Crippen LogP contribution is -2.09. The normalized spacial score (nSPS) is 11.7. The maximum Gasteiger partial charge on any atom is 0.296 e. The van der Waals surface area contributed by atoms with Gasteiger partial charge in [-0.1, -0.05) is 17.7 Å². The van der Waals surface area contributed by atoms with Gasteiger partial charge in [-0.25, -0.2) is 0 Å². The van der Waals surface area contributed by atoms with Gasteiger partial charge in [0.2, 0.25) is 0 Å². The molecule has 1 aromatic carbocycles. The lowest BCUT2D eigenvalue weighted by atomic mass is 10.2. The minimum Gasteiger partial charge on any atom is -0.266 e. The van der Waals surface area contributed by atoms with E-state index in [-0.39, 0.29) is 11.5 Å². The smallest absolute Gasteiger partial charge is 0.266 e. The first kappa shape index (κ1) is 15.9. The molecule has 0 N–H and O–H groups in total. The first-order valence-corrected chi connectivity index (χ1v) is 9.55. The van der Waals surface area contributed by atoms with Crippen molar-refractivity contribution in [1.82, 2.24) is 0 Å². The van der Waals surface area contributed by atoms with Gasteiger partial charge in [-0.15, -0.1) is 0 Å². The molecule has 0 radical (unpaired) electrons. The van der Waals surface area contributed by atoms with E-state index in [4.69, 9.17) is 4.18 Å². The molecule has 3 nitrogen and oxygen atoms in total. The van der Waals surface area contributed by atoms with Gasteiger partial charge in [0.05, 0.1) is 11.5 Å². The van der Waals surface area contributed by atoms with E-state index in [1.165, 1.54) is 0 Å². The highest BCUT2D eigenvalue weighted by Gasteiger charge is 2.14. The Labute approximate surface area is 118 Å². The number of rotatable bonds is 8. The highest BCUT2D eigenvalue weighted by atomic mass is 32.2. The van der Waals surface area contributed by atoms with Crippen LogP contribution in [0.4, 0.5) is 0 Å². The lowest BCUT2D eigenvalue weighted by molar-refractivity contribution is 0.341. The van der Waals surface area contributed by atoms with Gasteiger partial charge in [-0.05, 0) is 25.3 Å². The van der Waals surface area contributed by atoms with Gasteiger partial charge >= 0.3 is 0 Å². The van der Waals surface area contributed by atoms with Crippen molar-refractivity contribution >= 4 is 33.6 Å². The largest absolute Gasteiger partial charge is 0.296 e. The average molecular weight is 306 g/mol. The predicted octanol–water partition coefficient (Wildman–Crippen LogP) is 2.80. The van der Waals surface area contributed by atoms with Crippen LogP contribution in [0.2, 0.25) is 0 Å². The molecule has 0 bridgehead atoms. The highest BCUT2D eigenvalue weighted by molar-refractivity contribution is 8.02. The molecule has 0 saturated heterocycles. The Hall–Kier alpha value is -0.170. The molecule has 0 heterocycles. The Morgan fingerprint density at radius 1 is 1.11 bits per heavy atom. The van der Waals surface area contributed by atoms with Gasteiger partial charge in [0, 0.05) is 17.3 Å². The number of hydrogen-bond donors (Lipinski definition) is 0. The van der Waals surface area contributed by atoms with Crippen LogP contribution in [0, 0.1) is 6.92 Å². The first-order valence-electron chi connectivity index (χ1n) is 5.59. The Morgan fingerprint density at radius 3 is 2.39 bits per heavy atom. The average Bonchev–Trinajstić information content (AvgIpc) is 2.34. The fourth-order valence-corrected chi connectivity index (χ4v) is 3.78. The Kier molecular flexibility index (Phi) is 7.14. The second kappa shape index (κ2) is 8.09. The summed E-state index contributed by atoms with van der Waals surface area (Å²) in [5.41, 5.74) is 1.03. The number of thioether (sulfide) groups is 2. The molecule has 6 heteroatoms. The molecule has 0 aliphatic heterocycles. The summed E-state index contributed by atoms with van der Waals surface area (Å²) in [5, 5.41) is 0. The Morgan fingerprint density at radius 2 is 1.78 bits per heavy atom. The topological polar surface area (TPSA) is 43.4 Å². The number of aryl methyl sites for hydroxylation is 1. The van der Waals surface area contributed by atoms with Crippen LogP contribution in [0.3, 0.4) is 0 Å². The zero-order valence-corrected chi connectivity index (χ0v) is 13.0. The summed E-state index contributed by atoms with van der Waals surface area (Å²) in [4.78, 5) is 0.224. The van der Waals surface area contributed by atoms with E-state index in [2.05, 4.69) is 6.26 Å². The molecule has 0 atom stereocenters. The fourth-order valence-electron chi connectivity index (χ4n) is 1.22. The maximum absolute atomic E-state index is 11.8. The Balaban J connectivity index is 2.38. The van der Waals surface area contributed by atoms with Gasteiger partial charge in [-0.2, -0.15) is 31.9 Å². The molecule has 1 rings (SSSR count). The van der Waals surface area contributed by atoms with Crippen LogP contribution in [0.25, 0.3) is 0 Å². The van der Waals surface area contributed by atoms with Crippen molar-refractivity contribution < 1.29 is 12.6 Å². The van der Waals surface area contributed by atoms with E-state index in [1.807, 2.05) is 6.92 Å². The van der Waals surface area contributed by atoms with E-state index in [1.54, 1.807) is 47.8 Å². The number of benzene rings is 1. The van der Waals surface area contributed by atoms with Crippen molar-refractivity contribution in [3.63, 3.8) is 0 Å². The molecular formula is C12H18O3S3. The van der Waals surface area contributed by atoms with Gasteiger partial charge < -0.3 is 0 Å². The fraction of sp³-hybridized carbons (Fsp3) is 0.500. The van der Waals surface area contributed by atoms with Crippen LogP contribution in [0.5, 0.6) is 0 Å². The molecule has 0 fully saturated rings. The SMILES string of the molecule is CSCCSCCOS(=O)(=O)c1ccc(C)cc1. The lowest BCUT2D eigenvalue weighted by Gasteiger charge is -2.05. The van der Waals surface area contributed by atoms with Gasteiger partial charge in [-0.3, -0.25) is 4.18 Å². The second-order valence-electron chi connectivity index (χ2n) is 3.69. The van der Waals surface area contributed by atoms with Crippen molar-refractivity contribution in [2.45, 2.75) is 11.8 Å². The van der Waals surface area contributed by atoms with E-state index in [9.17, 15) is 8.42 Å². The van der Waals surface area contributed by atoms with E-state index in [0.29, 0.717) is 5.75 Å². The van der Waals surface area contributed by atoms with Crippen LogP contribution in [0.15, 0.2) is 29.2 Å². The molecule has 0 aromatic heterocycles. The maximum atomic E-state index is 11.8. The van der Waals surface area contributed by atoms with Gasteiger partial charge in [0.25, 0.3) is 10.1 Å². The minimum atomic E-state index is -3.59. The summed E-state index contributed by atoms with van der Waals surface area (Å²) in [5.74, 6) is 2.80. The molecule has 0 saturated carbocycles. The first-order chi connectivity index (χ1) is 8.56. The monoisotopic (exact) mass is 306 g/mol. The standard InChI is InChI=1S/C12H18O3S3/c1-11-3-5-12(6-4-11)18(13,14)15-7-8-17-10-9-16-2/h3-6H,7-10H2,1-2H3. The third kappa shape index (κ3) is 5.65. The molecule has 1 aromatic rings. The number of hydrogen-bond acceptors (Lipinski definition) is 5. The van der Waals surface area contributed by atoms with Gasteiger partial charge in [0.1, 0.15) is 0 Å². The summed E-state index contributed by atoms with van der Waals surface area (Å²) in [7, 11) is -3.59. The van der Waals surface area contributed by atoms with E-state index in [0.717, 1.165) is 17.1 Å². The molecule has 102 valence electrons. The van der Waals surface area contributed by atoms with Crippen LogP contribution in [-0.4, -0.2) is 38.5 Å². The van der Waals surface area contributed by atoms with Gasteiger partial charge in [0.15, 0.2) is 0 Å². The summed E-state index contributed by atoms with van der Waals surface area (Å²) in [6.07, 6.45) is 2.05. The summed E-state index contributed by atoms with van der Waals surface area (Å²) in [6.45, 7) is 2.15. The molecule has 0 spiro atoms. The minimum absolute atomic E-state index is 0.224. The molecular weight excluding hydrogens is 288 g/mol. The predicted molar refractivity (Wildman–Crippen MR) is 80.0 cm³/mol. The van der Waals surface area contributed by atoms with Crippen molar-refractivity contribution in [2.75, 3.05) is 30.1 Å². The molecule has 0 aliphatic rings. The molecule has 0 unspecified atom stereocenters. The van der Waals surface area contributed by atoms with Crippen molar-refractivity contribution in [2.24, 2.45) is 0 Å². The van der Waals surface area contributed by atoms with Crippen LogP contribution in [0.1, 0.15) is 5.56 Å². The van der Waals surface area contributed by atoms with Crippen LogP contribution >= 0.6 is 23.5 Å². The van der Waals surface area contributed by atoms with E-state index >= 15 is 0 Å². The zero-order valence-electron chi connectivity index (χ0n) is 10.6. The summed E-state index contributed by atoms with van der Waals surface area (Å²) < 4.78 is 28.6. The third-order valence-electron chi connectivity index (χ3n) is 2.21. The summed E-state index contributed by atoms with van der Waals surface area (Å²) >= 11 is 3.49. The van der Waals surface area contributed by atoms with Crippen molar-refractivity contribution in [1.29, 1.82) is 0 Å². The quantitative estimate of drug-likeness (QED) is 0.546. The van der Waals surface area contributed by atoms with Crippen molar-refractivity contribution in [3.8, 4) is 0 Å². The highest BCUT2D eigenvalue weighted by Crippen LogP contribution is 2.14. The van der Waals surface area contributed by atoms with Crippen LogP contribution in [-0.2, 0) is 14.3 Å². The van der Waals surface area contributed by atoms with E-state index < -0.39 is 10.1 Å². The zero-order chi connectivity index (χ0) is 13.4. The Bertz CT molecular complexity index is 440. The second-order valence-corrected chi connectivity index (χ2v) is 7.52. The molecule has 0 amide bonds. The summed E-state index contributed by atoms with van der Waals surface area (Å²) in [6, 6.07) is 6.68. The third-order valence-corrected chi connectivity index (χ3v) is 5.35. The van der Waals surface area contributed by atoms with Crippen LogP contribution < -0.4 is 0 Å². The molecule has 0 aliphatic carbocycles. The molecule has 18 heavy (non-hydrogen) atoms. The van der Waals surface area contributed by atoms with Crippen molar-refractivity contribution in [3.05, 3.63) is 29.8 Å².